The number of hydrogen-bond acceptors (Lipinski definition) is 4. The van der Waals surface area contributed by atoms with Crippen LogP contribution in [-0.2, 0) is 6.42 Å². The summed E-state index contributed by atoms with van der Waals surface area (Å²) in [6, 6.07) is 8.79. The Balaban J connectivity index is 1.46. The zero-order valence-electron chi connectivity index (χ0n) is 15.9. The van der Waals surface area contributed by atoms with Crippen LogP contribution in [0.2, 0.25) is 0 Å². The first-order chi connectivity index (χ1) is 12.7. The number of aromatic nitrogens is 2. The summed E-state index contributed by atoms with van der Waals surface area (Å²) >= 11 is 0. The molecule has 2 aromatic rings. The van der Waals surface area contributed by atoms with Crippen molar-refractivity contribution in [3.05, 3.63) is 42.2 Å². The van der Waals surface area contributed by atoms with Gasteiger partial charge in [0.25, 0.3) is 0 Å². The quantitative estimate of drug-likeness (QED) is 0.545. The summed E-state index contributed by atoms with van der Waals surface area (Å²) in [5.41, 5.74) is 2.82. The number of rotatable bonds is 9. The first kappa shape index (κ1) is 18.6. The van der Waals surface area contributed by atoms with Crippen LogP contribution in [0.5, 0.6) is 5.75 Å². The lowest BCUT2D eigenvalue weighted by atomic mass is 10.1. The Morgan fingerprint density at radius 2 is 2.12 bits per heavy atom. The minimum absolute atomic E-state index is 0.674. The van der Waals surface area contributed by atoms with Gasteiger partial charge in [-0.25, -0.2) is 4.68 Å². The lowest BCUT2D eigenvalue weighted by Crippen LogP contribution is -2.28. The summed E-state index contributed by atoms with van der Waals surface area (Å²) in [6.45, 7) is 7.45. The maximum Gasteiger partial charge on any atom is 0.119 e. The van der Waals surface area contributed by atoms with Crippen molar-refractivity contribution in [2.45, 2.75) is 52.0 Å². The van der Waals surface area contributed by atoms with Gasteiger partial charge in [0.05, 0.1) is 18.5 Å². The van der Waals surface area contributed by atoms with Gasteiger partial charge in [-0.3, -0.25) is 0 Å². The van der Waals surface area contributed by atoms with E-state index in [1.807, 2.05) is 48.3 Å². The standard InChI is InChI=1S/C21H30N4O/c1-3-19(22)14-18-15-23-25(16-18)20-7-9-21(10-8-20)26-13-5-12-24-11-4-6-17(24)2/h7-10,15-17,22H,3-6,11-14H2,1-2H3. The highest BCUT2D eigenvalue weighted by Crippen LogP contribution is 2.18. The van der Waals surface area contributed by atoms with Gasteiger partial charge in [0.15, 0.2) is 0 Å². The van der Waals surface area contributed by atoms with Crippen molar-refractivity contribution in [1.29, 1.82) is 5.41 Å². The van der Waals surface area contributed by atoms with Crippen molar-refractivity contribution in [1.82, 2.24) is 14.7 Å². The fraction of sp³-hybridized carbons (Fsp3) is 0.524. The summed E-state index contributed by atoms with van der Waals surface area (Å²) < 4.78 is 7.74. The summed E-state index contributed by atoms with van der Waals surface area (Å²) in [7, 11) is 0. The second-order valence-corrected chi connectivity index (χ2v) is 7.15. The van der Waals surface area contributed by atoms with Gasteiger partial charge >= 0.3 is 0 Å². The Bertz CT molecular complexity index is 707. The molecule has 1 aliphatic rings. The Labute approximate surface area is 156 Å². The summed E-state index contributed by atoms with van der Waals surface area (Å²) in [6.07, 6.45) is 9.03. The molecule has 5 heteroatoms. The van der Waals surface area contributed by atoms with Gasteiger partial charge in [-0.05, 0) is 69.0 Å². The fourth-order valence-corrected chi connectivity index (χ4v) is 3.44. The lowest BCUT2D eigenvalue weighted by Gasteiger charge is -2.20. The molecule has 1 aliphatic heterocycles. The van der Waals surface area contributed by atoms with Gasteiger partial charge in [0, 0.05) is 30.9 Å². The van der Waals surface area contributed by atoms with E-state index in [1.54, 1.807) is 0 Å². The normalized spacial score (nSPS) is 17.5. The smallest absolute Gasteiger partial charge is 0.119 e. The second kappa shape index (κ2) is 8.99. The molecule has 1 fully saturated rings. The van der Waals surface area contributed by atoms with Gasteiger partial charge in [-0.2, -0.15) is 5.10 Å². The van der Waals surface area contributed by atoms with Gasteiger partial charge in [0.1, 0.15) is 5.75 Å². The molecule has 1 aromatic heterocycles. The molecule has 3 rings (SSSR count). The van der Waals surface area contributed by atoms with Crippen LogP contribution in [0.15, 0.2) is 36.7 Å². The number of nitrogens with one attached hydrogen (secondary N) is 1. The molecule has 0 bridgehead atoms. The Hall–Kier alpha value is -2.14. The van der Waals surface area contributed by atoms with Crippen LogP contribution in [0.4, 0.5) is 0 Å². The molecule has 2 heterocycles. The molecule has 1 atom stereocenters. The van der Waals surface area contributed by atoms with E-state index in [0.717, 1.165) is 54.7 Å². The monoisotopic (exact) mass is 354 g/mol. The minimum atomic E-state index is 0.674. The third kappa shape index (κ3) is 4.94. The number of hydrogen-bond donors (Lipinski definition) is 1. The van der Waals surface area contributed by atoms with Crippen molar-refractivity contribution in [2.24, 2.45) is 0 Å². The molecular formula is C21H30N4O. The molecule has 0 saturated carbocycles. The summed E-state index contributed by atoms with van der Waals surface area (Å²) in [5.74, 6) is 0.906. The maximum atomic E-state index is 7.81. The predicted molar refractivity (Wildman–Crippen MR) is 106 cm³/mol. The maximum absolute atomic E-state index is 7.81. The van der Waals surface area contributed by atoms with Crippen LogP contribution in [0, 0.1) is 5.41 Å². The molecule has 140 valence electrons. The van der Waals surface area contributed by atoms with E-state index in [2.05, 4.69) is 16.9 Å². The van der Waals surface area contributed by atoms with Crippen LogP contribution in [0.3, 0.4) is 0 Å². The van der Waals surface area contributed by atoms with E-state index in [-0.39, 0.29) is 0 Å². The van der Waals surface area contributed by atoms with Crippen LogP contribution in [-0.4, -0.2) is 46.1 Å². The number of ether oxygens (including phenoxy) is 1. The number of benzene rings is 1. The average Bonchev–Trinajstić information content (AvgIpc) is 3.28. The molecule has 1 saturated heterocycles. The van der Waals surface area contributed by atoms with E-state index in [4.69, 9.17) is 10.1 Å². The summed E-state index contributed by atoms with van der Waals surface area (Å²) in [5, 5.41) is 12.2. The first-order valence-electron chi connectivity index (χ1n) is 9.73. The van der Waals surface area contributed by atoms with E-state index in [9.17, 15) is 0 Å². The third-order valence-electron chi connectivity index (χ3n) is 5.13. The molecule has 1 aromatic carbocycles. The molecule has 1 N–H and O–H groups in total. The number of nitrogens with zero attached hydrogens (tertiary/aromatic N) is 3. The van der Waals surface area contributed by atoms with Crippen molar-refractivity contribution in [3.63, 3.8) is 0 Å². The highest BCUT2D eigenvalue weighted by atomic mass is 16.5. The predicted octanol–water partition coefficient (Wildman–Crippen LogP) is 4.10. The van der Waals surface area contributed by atoms with Crippen LogP contribution >= 0.6 is 0 Å². The largest absolute Gasteiger partial charge is 0.494 e. The first-order valence-corrected chi connectivity index (χ1v) is 9.73. The average molecular weight is 354 g/mol. The van der Waals surface area contributed by atoms with Crippen LogP contribution < -0.4 is 4.74 Å². The van der Waals surface area contributed by atoms with Gasteiger partial charge in [0.2, 0.25) is 0 Å². The molecule has 0 aliphatic carbocycles. The SMILES string of the molecule is CCC(=N)Cc1cnn(-c2ccc(OCCCN3CCCC3C)cc2)c1. The minimum Gasteiger partial charge on any atom is -0.494 e. The highest BCUT2D eigenvalue weighted by Gasteiger charge is 2.19. The molecule has 0 amide bonds. The van der Waals surface area contributed by atoms with E-state index in [0.29, 0.717) is 6.42 Å². The number of likely N-dealkylation sites (tertiary alicyclic amines) is 1. The van der Waals surface area contributed by atoms with E-state index < -0.39 is 0 Å². The van der Waals surface area contributed by atoms with Gasteiger partial charge in [-0.15, -0.1) is 0 Å². The van der Waals surface area contributed by atoms with E-state index in [1.165, 1.54) is 19.4 Å². The summed E-state index contributed by atoms with van der Waals surface area (Å²) in [4.78, 5) is 2.56. The molecular weight excluding hydrogens is 324 g/mol. The zero-order chi connectivity index (χ0) is 18.4. The second-order valence-electron chi connectivity index (χ2n) is 7.15. The molecule has 0 radical (unpaired) electrons. The zero-order valence-corrected chi connectivity index (χ0v) is 15.9. The molecule has 26 heavy (non-hydrogen) atoms. The lowest BCUT2D eigenvalue weighted by molar-refractivity contribution is 0.230. The molecule has 5 nitrogen and oxygen atoms in total. The van der Waals surface area contributed by atoms with Gasteiger partial charge in [-0.1, -0.05) is 6.92 Å². The van der Waals surface area contributed by atoms with Crippen molar-refractivity contribution in [3.8, 4) is 11.4 Å². The third-order valence-corrected chi connectivity index (χ3v) is 5.13. The molecule has 0 spiro atoms. The van der Waals surface area contributed by atoms with Crippen LogP contribution in [0.25, 0.3) is 5.69 Å². The highest BCUT2D eigenvalue weighted by molar-refractivity contribution is 5.83. The van der Waals surface area contributed by atoms with E-state index >= 15 is 0 Å². The fourth-order valence-electron chi connectivity index (χ4n) is 3.44. The van der Waals surface area contributed by atoms with Gasteiger partial charge < -0.3 is 15.0 Å². The van der Waals surface area contributed by atoms with Crippen molar-refractivity contribution in [2.75, 3.05) is 19.7 Å². The molecule has 1 unspecified atom stereocenters. The van der Waals surface area contributed by atoms with Crippen molar-refractivity contribution < 1.29 is 4.74 Å². The van der Waals surface area contributed by atoms with Crippen molar-refractivity contribution >= 4 is 5.71 Å². The topological polar surface area (TPSA) is 54.1 Å². The Morgan fingerprint density at radius 3 is 2.81 bits per heavy atom. The Morgan fingerprint density at radius 1 is 1.31 bits per heavy atom. The Kier molecular flexibility index (Phi) is 6.45. The van der Waals surface area contributed by atoms with Crippen LogP contribution in [0.1, 0.15) is 45.1 Å².